The molecule has 1 heteroatoms. The van der Waals surface area contributed by atoms with Crippen LogP contribution in [0.25, 0.3) is 21.5 Å². The molecular weight excluding hydrogens is 170 g/mol. The lowest BCUT2D eigenvalue weighted by molar-refractivity contribution is 1.37. The predicted molar refractivity (Wildman–Crippen MR) is 58.1 cm³/mol. The first kappa shape index (κ1) is 7.51. The summed E-state index contributed by atoms with van der Waals surface area (Å²) in [5.74, 6) is 0. The van der Waals surface area contributed by atoms with Crippen LogP contribution in [0, 0.1) is 6.07 Å². The summed E-state index contributed by atoms with van der Waals surface area (Å²) >= 11 is 0. The minimum Gasteiger partial charge on any atom is -0.264 e. The van der Waals surface area contributed by atoms with Gasteiger partial charge in [0.1, 0.15) is 0 Å². The van der Waals surface area contributed by atoms with Crippen LogP contribution in [0.2, 0.25) is 0 Å². The molecule has 65 valence electrons. The van der Waals surface area contributed by atoms with Crippen molar-refractivity contribution >= 4 is 21.5 Å². The number of hydrogen-bond acceptors (Lipinski definition) is 1. The second kappa shape index (κ2) is 2.81. The molecule has 2 aromatic carbocycles. The summed E-state index contributed by atoms with van der Waals surface area (Å²) in [4.78, 5) is 4.11. The average Bonchev–Trinajstić information content (AvgIpc) is 2.26. The molecule has 0 unspecified atom stereocenters. The second-order valence-electron chi connectivity index (χ2n) is 3.33. The summed E-state index contributed by atoms with van der Waals surface area (Å²) in [7, 11) is 0. The topological polar surface area (TPSA) is 12.9 Å². The first-order valence-electron chi connectivity index (χ1n) is 4.58. The zero-order valence-corrected chi connectivity index (χ0v) is 7.57. The van der Waals surface area contributed by atoms with Gasteiger partial charge >= 0.3 is 0 Å². The van der Waals surface area contributed by atoms with E-state index in [4.69, 9.17) is 0 Å². The fraction of sp³-hybridized carbons (Fsp3) is 0. The van der Waals surface area contributed by atoms with Crippen LogP contribution in [0.1, 0.15) is 0 Å². The van der Waals surface area contributed by atoms with Gasteiger partial charge in [-0.25, -0.2) is 0 Å². The van der Waals surface area contributed by atoms with E-state index in [9.17, 15) is 0 Å². The molecule has 1 heterocycles. The van der Waals surface area contributed by atoms with Crippen molar-refractivity contribution < 1.29 is 0 Å². The first-order valence-corrected chi connectivity index (χ1v) is 4.58. The highest BCUT2D eigenvalue weighted by Gasteiger charge is 1.96. The van der Waals surface area contributed by atoms with E-state index in [2.05, 4.69) is 29.2 Å². The molecule has 0 aliphatic rings. The van der Waals surface area contributed by atoms with E-state index in [1.807, 2.05) is 30.6 Å². The molecule has 0 bridgehead atoms. The van der Waals surface area contributed by atoms with Crippen molar-refractivity contribution in [1.29, 1.82) is 0 Å². The molecule has 0 fully saturated rings. The maximum absolute atomic E-state index is 4.11. The summed E-state index contributed by atoms with van der Waals surface area (Å²) in [6.07, 6.45) is 3.71. The van der Waals surface area contributed by atoms with Crippen molar-refractivity contribution in [2.45, 2.75) is 0 Å². The van der Waals surface area contributed by atoms with E-state index in [1.54, 1.807) is 0 Å². The fourth-order valence-corrected chi connectivity index (χ4v) is 1.71. The van der Waals surface area contributed by atoms with Gasteiger partial charge in [0.05, 0.1) is 0 Å². The Labute approximate surface area is 82.0 Å². The van der Waals surface area contributed by atoms with Crippen molar-refractivity contribution in [2.75, 3.05) is 0 Å². The highest BCUT2D eigenvalue weighted by Crippen LogP contribution is 2.20. The second-order valence-corrected chi connectivity index (χ2v) is 3.33. The summed E-state index contributed by atoms with van der Waals surface area (Å²) in [5, 5.41) is 4.77. The third-order valence-corrected chi connectivity index (χ3v) is 2.42. The summed E-state index contributed by atoms with van der Waals surface area (Å²) in [5.41, 5.74) is 0. The molecule has 3 rings (SSSR count). The Morgan fingerprint density at radius 3 is 3.00 bits per heavy atom. The number of benzene rings is 2. The van der Waals surface area contributed by atoms with Gasteiger partial charge in [-0.3, -0.25) is 4.98 Å². The Balaban J connectivity index is 2.52. The molecule has 0 atom stereocenters. The largest absolute Gasteiger partial charge is 0.264 e. The number of hydrogen-bond donors (Lipinski definition) is 0. The van der Waals surface area contributed by atoms with E-state index in [0.29, 0.717) is 0 Å². The monoisotopic (exact) mass is 178 g/mol. The van der Waals surface area contributed by atoms with E-state index in [1.165, 1.54) is 16.2 Å². The van der Waals surface area contributed by atoms with Crippen molar-refractivity contribution in [3.05, 3.63) is 54.9 Å². The van der Waals surface area contributed by atoms with Crippen molar-refractivity contribution in [3.8, 4) is 0 Å². The molecule has 14 heavy (non-hydrogen) atoms. The lowest BCUT2D eigenvalue weighted by atomic mass is 10.1. The Hall–Kier alpha value is -1.89. The third kappa shape index (κ3) is 1.06. The lowest BCUT2D eigenvalue weighted by Crippen LogP contribution is -1.77. The third-order valence-electron chi connectivity index (χ3n) is 2.42. The van der Waals surface area contributed by atoms with Crippen molar-refractivity contribution in [2.24, 2.45) is 0 Å². The van der Waals surface area contributed by atoms with Crippen LogP contribution in [0.4, 0.5) is 0 Å². The molecule has 1 aromatic heterocycles. The average molecular weight is 178 g/mol. The molecule has 0 saturated heterocycles. The van der Waals surface area contributed by atoms with Crippen molar-refractivity contribution in [3.63, 3.8) is 0 Å². The number of aromatic nitrogens is 1. The summed E-state index contributed by atoms with van der Waals surface area (Å²) < 4.78 is 0. The minimum atomic E-state index is 1.16. The number of fused-ring (bicyclic) bond motifs is 2. The maximum atomic E-state index is 4.11. The SMILES string of the molecule is [c]1cccc2cc3cnccc3cc12. The summed E-state index contributed by atoms with van der Waals surface area (Å²) in [6.45, 7) is 0. The fourth-order valence-electron chi connectivity index (χ4n) is 1.71. The standard InChI is InChI=1S/C13H8N/c1-2-4-11-8-13-9-14-6-5-12(13)7-10(11)3-1/h1-2,4-9H. The van der Waals surface area contributed by atoms with Gasteiger partial charge in [-0.2, -0.15) is 0 Å². The van der Waals surface area contributed by atoms with Crippen LogP contribution in [0.5, 0.6) is 0 Å². The molecule has 0 spiro atoms. The highest BCUT2D eigenvalue weighted by atomic mass is 14.6. The highest BCUT2D eigenvalue weighted by molar-refractivity contribution is 5.97. The van der Waals surface area contributed by atoms with Crippen LogP contribution < -0.4 is 0 Å². The molecule has 0 aliphatic carbocycles. The molecule has 3 aromatic rings. The molecule has 0 N–H and O–H groups in total. The van der Waals surface area contributed by atoms with E-state index in [0.717, 1.165) is 5.39 Å². The summed E-state index contributed by atoms with van der Waals surface area (Å²) in [6, 6.07) is 15.6. The molecule has 0 aliphatic heterocycles. The van der Waals surface area contributed by atoms with Crippen molar-refractivity contribution in [1.82, 2.24) is 4.98 Å². The molecule has 1 nitrogen and oxygen atoms in total. The maximum Gasteiger partial charge on any atom is 0.0346 e. The predicted octanol–water partition coefficient (Wildman–Crippen LogP) is 3.19. The van der Waals surface area contributed by atoms with Crippen LogP contribution in [0.3, 0.4) is 0 Å². The Morgan fingerprint density at radius 1 is 1.00 bits per heavy atom. The normalized spacial score (nSPS) is 10.9. The van der Waals surface area contributed by atoms with Crippen LogP contribution in [-0.2, 0) is 0 Å². The zero-order valence-electron chi connectivity index (χ0n) is 7.57. The van der Waals surface area contributed by atoms with Gasteiger partial charge < -0.3 is 0 Å². The zero-order chi connectivity index (χ0) is 9.38. The Kier molecular flexibility index (Phi) is 1.51. The number of nitrogens with zero attached hydrogens (tertiary/aromatic N) is 1. The quantitative estimate of drug-likeness (QED) is 0.482. The smallest absolute Gasteiger partial charge is 0.0346 e. The van der Waals surface area contributed by atoms with Gasteiger partial charge in [-0.1, -0.05) is 18.2 Å². The molecule has 0 amide bonds. The first-order chi connectivity index (χ1) is 6.93. The van der Waals surface area contributed by atoms with Gasteiger partial charge in [-0.05, 0) is 40.4 Å². The molecule has 1 radical (unpaired) electrons. The van der Waals surface area contributed by atoms with Crippen LogP contribution in [-0.4, -0.2) is 4.98 Å². The number of pyridine rings is 1. The molecule has 0 saturated carbocycles. The van der Waals surface area contributed by atoms with Crippen LogP contribution in [0.15, 0.2) is 48.8 Å². The van der Waals surface area contributed by atoms with Gasteiger partial charge in [0.15, 0.2) is 0 Å². The minimum absolute atomic E-state index is 1.16. The Morgan fingerprint density at radius 2 is 2.00 bits per heavy atom. The van der Waals surface area contributed by atoms with E-state index < -0.39 is 0 Å². The lowest BCUT2D eigenvalue weighted by Gasteiger charge is -2.00. The van der Waals surface area contributed by atoms with Gasteiger partial charge in [-0.15, -0.1) is 0 Å². The Bertz CT molecular complexity index is 494. The molecular formula is C13H8N. The van der Waals surface area contributed by atoms with Gasteiger partial charge in [0.25, 0.3) is 0 Å². The van der Waals surface area contributed by atoms with Crippen LogP contribution >= 0.6 is 0 Å². The van der Waals surface area contributed by atoms with E-state index >= 15 is 0 Å². The van der Waals surface area contributed by atoms with Gasteiger partial charge in [0, 0.05) is 17.8 Å². The van der Waals surface area contributed by atoms with Gasteiger partial charge in [0.2, 0.25) is 0 Å². The van der Waals surface area contributed by atoms with E-state index in [-0.39, 0.29) is 0 Å². The number of rotatable bonds is 0.